The van der Waals surface area contributed by atoms with Gasteiger partial charge in [0, 0.05) is 11.7 Å². The fourth-order valence-corrected chi connectivity index (χ4v) is 1.86. The molecule has 2 rings (SSSR count). The minimum atomic E-state index is -0.468. The lowest BCUT2D eigenvalue weighted by Crippen LogP contribution is -2.16. The predicted octanol–water partition coefficient (Wildman–Crippen LogP) is 2.34. The average molecular weight is 314 g/mol. The second-order valence-corrected chi connectivity index (χ2v) is 5.13. The molecule has 2 aromatic rings. The standard InChI is InChI=1S/C16H18N4O3/c1-10(2)17-14-8-7-13(19-20-14)15(21)18-12-6-4-5-11(9-12)16(22)23-3/h4-10H,1-3H3,(H,17,20)(H,18,21). The molecule has 7 nitrogen and oxygen atoms in total. The number of benzene rings is 1. The molecule has 0 saturated carbocycles. The summed E-state index contributed by atoms with van der Waals surface area (Å²) in [4.78, 5) is 23.6. The van der Waals surface area contributed by atoms with Crippen LogP contribution in [-0.4, -0.2) is 35.2 Å². The van der Waals surface area contributed by atoms with Crippen molar-refractivity contribution in [1.29, 1.82) is 0 Å². The van der Waals surface area contributed by atoms with Gasteiger partial charge >= 0.3 is 5.97 Å². The summed E-state index contributed by atoms with van der Waals surface area (Å²) in [7, 11) is 1.30. The number of aromatic nitrogens is 2. The first kappa shape index (κ1) is 16.4. The van der Waals surface area contributed by atoms with Crippen molar-refractivity contribution in [2.45, 2.75) is 19.9 Å². The van der Waals surface area contributed by atoms with E-state index in [1.165, 1.54) is 13.2 Å². The lowest BCUT2D eigenvalue weighted by molar-refractivity contribution is 0.0600. The van der Waals surface area contributed by atoms with Gasteiger partial charge in [-0.3, -0.25) is 4.79 Å². The Kier molecular flexibility index (Phi) is 5.24. The molecule has 0 saturated heterocycles. The normalized spacial score (nSPS) is 10.3. The molecular weight excluding hydrogens is 296 g/mol. The molecule has 0 atom stereocenters. The molecule has 1 aromatic heterocycles. The van der Waals surface area contributed by atoms with E-state index in [4.69, 9.17) is 0 Å². The Morgan fingerprint density at radius 2 is 1.91 bits per heavy atom. The van der Waals surface area contributed by atoms with Crippen LogP contribution < -0.4 is 10.6 Å². The van der Waals surface area contributed by atoms with E-state index in [2.05, 4.69) is 25.6 Å². The van der Waals surface area contributed by atoms with Crippen LogP contribution in [0.3, 0.4) is 0 Å². The van der Waals surface area contributed by atoms with E-state index >= 15 is 0 Å². The summed E-state index contributed by atoms with van der Waals surface area (Å²) in [5.74, 6) is -0.273. The molecule has 0 radical (unpaired) electrons. The van der Waals surface area contributed by atoms with Gasteiger partial charge in [0.15, 0.2) is 5.69 Å². The summed E-state index contributed by atoms with van der Waals surface area (Å²) in [6.07, 6.45) is 0. The fraction of sp³-hybridized carbons (Fsp3) is 0.250. The third kappa shape index (κ3) is 4.50. The van der Waals surface area contributed by atoms with Crippen molar-refractivity contribution >= 4 is 23.4 Å². The number of ether oxygens (including phenoxy) is 1. The number of methoxy groups -OCH3 is 1. The van der Waals surface area contributed by atoms with Gasteiger partial charge in [0.2, 0.25) is 0 Å². The van der Waals surface area contributed by atoms with Gasteiger partial charge in [-0.2, -0.15) is 0 Å². The Balaban J connectivity index is 2.08. The maximum atomic E-state index is 12.1. The Hall–Kier alpha value is -2.96. The van der Waals surface area contributed by atoms with Crippen LogP contribution in [0.1, 0.15) is 34.7 Å². The van der Waals surface area contributed by atoms with Crippen LogP contribution in [0.15, 0.2) is 36.4 Å². The molecule has 7 heteroatoms. The summed E-state index contributed by atoms with van der Waals surface area (Å²) in [5, 5.41) is 13.6. The van der Waals surface area contributed by atoms with E-state index in [1.807, 2.05) is 13.8 Å². The third-order valence-corrected chi connectivity index (χ3v) is 2.88. The molecule has 0 unspecified atom stereocenters. The Morgan fingerprint density at radius 3 is 2.52 bits per heavy atom. The van der Waals surface area contributed by atoms with Crippen LogP contribution >= 0.6 is 0 Å². The molecule has 23 heavy (non-hydrogen) atoms. The number of carbonyl (C=O) groups excluding carboxylic acids is 2. The summed E-state index contributed by atoms with van der Waals surface area (Å²) >= 11 is 0. The molecule has 120 valence electrons. The summed E-state index contributed by atoms with van der Waals surface area (Å²) in [5.41, 5.74) is 1.01. The average Bonchev–Trinajstić information content (AvgIpc) is 2.54. The van der Waals surface area contributed by atoms with E-state index in [9.17, 15) is 9.59 Å². The number of esters is 1. The van der Waals surface area contributed by atoms with Crippen LogP contribution in [-0.2, 0) is 4.74 Å². The lowest BCUT2D eigenvalue weighted by atomic mass is 10.2. The number of carbonyl (C=O) groups is 2. The van der Waals surface area contributed by atoms with E-state index < -0.39 is 11.9 Å². The first-order valence-corrected chi connectivity index (χ1v) is 7.09. The smallest absolute Gasteiger partial charge is 0.337 e. The molecule has 1 aromatic carbocycles. The van der Waals surface area contributed by atoms with Gasteiger partial charge in [0.25, 0.3) is 5.91 Å². The van der Waals surface area contributed by atoms with Crippen molar-refractivity contribution in [3.8, 4) is 0 Å². The summed E-state index contributed by atoms with van der Waals surface area (Å²) in [6.45, 7) is 3.97. The number of hydrogen-bond acceptors (Lipinski definition) is 6. The maximum absolute atomic E-state index is 12.1. The minimum Gasteiger partial charge on any atom is -0.465 e. The number of nitrogens with one attached hydrogen (secondary N) is 2. The number of amides is 1. The predicted molar refractivity (Wildman–Crippen MR) is 86.5 cm³/mol. The lowest BCUT2D eigenvalue weighted by Gasteiger charge is -2.09. The molecule has 0 aliphatic carbocycles. The molecular formula is C16H18N4O3. The molecule has 1 heterocycles. The van der Waals surface area contributed by atoms with Gasteiger partial charge in [-0.05, 0) is 44.2 Å². The Bertz CT molecular complexity index is 699. The zero-order valence-electron chi connectivity index (χ0n) is 13.2. The first-order valence-electron chi connectivity index (χ1n) is 7.09. The van der Waals surface area contributed by atoms with Gasteiger partial charge in [0.1, 0.15) is 5.82 Å². The monoisotopic (exact) mass is 314 g/mol. The van der Waals surface area contributed by atoms with Gasteiger partial charge in [-0.15, -0.1) is 10.2 Å². The highest BCUT2D eigenvalue weighted by Gasteiger charge is 2.11. The number of rotatable bonds is 5. The SMILES string of the molecule is COC(=O)c1cccc(NC(=O)c2ccc(NC(C)C)nn2)c1. The van der Waals surface area contributed by atoms with Gasteiger partial charge in [0.05, 0.1) is 12.7 Å². The fourth-order valence-electron chi connectivity index (χ4n) is 1.86. The van der Waals surface area contributed by atoms with Gasteiger partial charge in [-0.25, -0.2) is 4.79 Å². The number of hydrogen-bond donors (Lipinski definition) is 2. The van der Waals surface area contributed by atoms with Crippen LogP contribution in [0.4, 0.5) is 11.5 Å². The minimum absolute atomic E-state index is 0.183. The second kappa shape index (κ2) is 7.35. The van der Waals surface area contributed by atoms with Gasteiger partial charge in [-0.1, -0.05) is 6.07 Å². The number of anilines is 2. The van der Waals surface area contributed by atoms with Crippen LogP contribution in [0.2, 0.25) is 0 Å². The van der Waals surface area contributed by atoms with E-state index in [-0.39, 0.29) is 11.7 Å². The molecule has 0 bridgehead atoms. The molecule has 0 aliphatic heterocycles. The number of nitrogens with zero attached hydrogens (tertiary/aromatic N) is 2. The van der Waals surface area contributed by atoms with E-state index in [1.54, 1.807) is 30.3 Å². The van der Waals surface area contributed by atoms with Crippen molar-refractivity contribution in [1.82, 2.24) is 10.2 Å². The Labute approximate surface area is 134 Å². The Morgan fingerprint density at radius 1 is 1.13 bits per heavy atom. The van der Waals surface area contributed by atoms with Crippen LogP contribution in [0.25, 0.3) is 0 Å². The second-order valence-electron chi connectivity index (χ2n) is 5.13. The van der Waals surface area contributed by atoms with Crippen molar-refractivity contribution in [2.24, 2.45) is 0 Å². The molecule has 0 aliphatic rings. The molecule has 0 spiro atoms. The summed E-state index contributed by atoms with van der Waals surface area (Å²) < 4.78 is 4.64. The quantitative estimate of drug-likeness (QED) is 0.823. The first-order chi connectivity index (χ1) is 11.0. The van der Waals surface area contributed by atoms with Gasteiger partial charge < -0.3 is 15.4 Å². The van der Waals surface area contributed by atoms with E-state index in [0.717, 1.165) is 0 Å². The largest absolute Gasteiger partial charge is 0.465 e. The van der Waals surface area contributed by atoms with E-state index in [0.29, 0.717) is 17.1 Å². The molecule has 1 amide bonds. The topological polar surface area (TPSA) is 93.2 Å². The third-order valence-electron chi connectivity index (χ3n) is 2.88. The maximum Gasteiger partial charge on any atom is 0.337 e. The van der Waals surface area contributed by atoms with Crippen molar-refractivity contribution in [2.75, 3.05) is 17.7 Å². The van der Waals surface area contributed by atoms with Crippen LogP contribution in [0.5, 0.6) is 0 Å². The zero-order chi connectivity index (χ0) is 16.8. The summed E-state index contributed by atoms with van der Waals surface area (Å²) in [6, 6.07) is 9.96. The van der Waals surface area contributed by atoms with Crippen molar-refractivity contribution in [3.63, 3.8) is 0 Å². The van der Waals surface area contributed by atoms with Crippen molar-refractivity contribution < 1.29 is 14.3 Å². The zero-order valence-corrected chi connectivity index (χ0v) is 13.2. The molecule has 0 fully saturated rings. The van der Waals surface area contributed by atoms with Crippen molar-refractivity contribution in [3.05, 3.63) is 47.7 Å². The highest BCUT2D eigenvalue weighted by atomic mass is 16.5. The van der Waals surface area contributed by atoms with Crippen LogP contribution in [0, 0.1) is 0 Å². The highest BCUT2D eigenvalue weighted by molar-refractivity contribution is 6.03. The molecule has 2 N–H and O–H groups in total. The highest BCUT2D eigenvalue weighted by Crippen LogP contribution is 2.13.